The largest absolute Gasteiger partial charge is 0.481 e. The van der Waals surface area contributed by atoms with Crippen LogP contribution in [0.1, 0.15) is 49.7 Å². The molecule has 0 heterocycles. The Balaban J connectivity index is 1.64. The Morgan fingerprint density at radius 3 is 2.26 bits per heavy atom. The van der Waals surface area contributed by atoms with Gasteiger partial charge in [-0.2, -0.15) is 0 Å². The minimum Gasteiger partial charge on any atom is -0.481 e. The lowest BCUT2D eigenvalue weighted by molar-refractivity contribution is -0.151. The third kappa shape index (κ3) is 3.70. The summed E-state index contributed by atoms with van der Waals surface area (Å²) in [5.41, 5.74) is 0.854. The van der Waals surface area contributed by atoms with Gasteiger partial charge in [-0.05, 0) is 67.7 Å². The van der Waals surface area contributed by atoms with Gasteiger partial charge in [0.1, 0.15) is 0 Å². The van der Waals surface area contributed by atoms with Crippen LogP contribution in [0.25, 0.3) is 0 Å². The summed E-state index contributed by atoms with van der Waals surface area (Å²) >= 11 is 3.58. The van der Waals surface area contributed by atoms with Gasteiger partial charge in [-0.15, -0.1) is 0 Å². The molecule has 0 amide bonds. The van der Waals surface area contributed by atoms with E-state index in [0.717, 1.165) is 35.0 Å². The fourth-order valence-electron chi connectivity index (χ4n) is 4.31. The minimum absolute atomic E-state index is 0.389. The molecule has 2 aromatic carbocycles. The molecule has 27 heavy (non-hydrogen) atoms. The third-order valence-corrected chi connectivity index (χ3v) is 6.78. The molecule has 0 aromatic heterocycles. The number of rotatable bonds is 6. The number of halogens is 1. The van der Waals surface area contributed by atoms with Crippen molar-refractivity contribution in [1.82, 2.24) is 0 Å². The molecule has 2 aliphatic rings. The first-order valence-electron chi connectivity index (χ1n) is 9.73. The summed E-state index contributed by atoms with van der Waals surface area (Å²) in [5, 5.41) is 10.1. The Morgan fingerprint density at radius 1 is 1.00 bits per heavy atom. The molecular formula is C23H25BrO3. The molecule has 2 aliphatic carbocycles. The van der Waals surface area contributed by atoms with Gasteiger partial charge in [0.2, 0.25) is 0 Å². The van der Waals surface area contributed by atoms with Crippen LogP contribution in [0.2, 0.25) is 0 Å². The van der Waals surface area contributed by atoms with E-state index in [0.29, 0.717) is 18.8 Å². The highest BCUT2D eigenvalue weighted by Gasteiger charge is 2.50. The van der Waals surface area contributed by atoms with Crippen LogP contribution in [0.15, 0.2) is 59.1 Å². The summed E-state index contributed by atoms with van der Waals surface area (Å²) in [7, 11) is 0. The van der Waals surface area contributed by atoms with Crippen molar-refractivity contribution in [1.29, 1.82) is 0 Å². The van der Waals surface area contributed by atoms with E-state index in [1.807, 2.05) is 42.5 Å². The standard InChI is InChI=1S/C23H25BrO3/c24-20-8-4-7-19(15-20)23(27-16-17-9-10-17)13-11-22(12-14-23,21(25)26)18-5-2-1-3-6-18/h1-8,15,17H,9-14,16H2,(H,25,26). The molecule has 0 radical (unpaired) electrons. The Hall–Kier alpha value is -1.65. The van der Waals surface area contributed by atoms with Gasteiger partial charge in [0, 0.05) is 4.47 Å². The van der Waals surface area contributed by atoms with E-state index in [9.17, 15) is 9.90 Å². The number of benzene rings is 2. The molecule has 0 bridgehead atoms. The Labute approximate surface area is 168 Å². The van der Waals surface area contributed by atoms with Crippen LogP contribution in [0.5, 0.6) is 0 Å². The lowest BCUT2D eigenvalue weighted by Gasteiger charge is -2.45. The van der Waals surface area contributed by atoms with Crippen LogP contribution in [0.4, 0.5) is 0 Å². The van der Waals surface area contributed by atoms with Gasteiger partial charge in [-0.3, -0.25) is 4.79 Å². The number of aliphatic carboxylic acids is 1. The van der Waals surface area contributed by atoms with E-state index in [1.165, 1.54) is 12.8 Å². The summed E-state index contributed by atoms with van der Waals surface area (Å²) in [6.45, 7) is 0.776. The van der Waals surface area contributed by atoms with E-state index in [4.69, 9.17) is 4.74 Å². The molecule has 0 saturated heterocycles. The van der Waals surface area contributed by atoms with Gasteiger partial charge in [0.25, 0.3) is 0 Å². The number of carbonyl (C=O) groups is 1. The van der Waals surface area contributed by atoms with E-state index < -0.39 is 11.4 Å². The second-order valence-corrected chi connectivity index (χ2v) is 8.93. The van der Waals surface area contributed by atoms with Crippen molar-refractivity contribution >= 4 is 21.9 Å². The Kier molecular flexibility index (Phi) is 5.13. The lowest BCUT2D eigenvalue weighted by atomic mass is 9.63. The van der Waals surface area contributed by atoms with Crippen LogP contribution in [-0.2, 0) is 20.5 Å². The van der Waals surface area contributed by atoms with E-state index in [2.05, 4.69) is 28.1 Å². The zero-order valence-corrected chi connectivity index (χ0v) is 17.0. The molecule has 2 saturated carbocycles. The number of hydrogen-bond donors (Lipinski definition) is 1. The normalized spacial score (nSPS) is 28.0. The molecule has 0 atom stereocenters. The van der Waals surface area contributed by atoms with Crippen molar-refractivity contribution in [3.8, 4) is 0 Å². The fourth-order valence-corrected chi connectivity index (χ4v) is 4.71. The molecule has 2 aromatic rings. The zero-order chi connectivity index (χ0) is 18.9. The SMILES string of the molecule is O=C(O)C1(c2ccccc2)CCC(OCC2CC2)(c2cccc(Br)c2)CC1. The molecule has 2 fully saturated rings. The average molecular weight is 429 g/mol. The van der Waals surface area contributed by atoms with Gasteiger partial charge in [-0.1, -0.05) is 58.4 Å². The molecule has 4 heteroatoms. The summed E-state index contributed by atoms with van der Waals surface area (Å²) < 4.78 is 7.57. The first-order chi connectivity index (χ1) is 13.0. The van der Waals surface area contributed by atoms with Gasteiger partial charge < -0.3 is 9.84 Å². The maximum absolute atomic E-state index is 12.3. The summed E-state index contributed by atoms with van der Waals surface area (Å²) in [5.74, 6) is -0.0481. The molecule has 1 N–H and O–H groups in total. The van der Waals surface area contributed by atoms with Gasteiger partial charge in [0.15, 0.2) is 0 Å². The third-order valence-electron chi connectivity index (χ3n) is 6.29. The zero-order valence-electron chi connectivity index (χ0n) is 15.4. The van der Waals surface area contributed by atoms with Crippen molar-refractivity contribution in [3.05, 3.63) is 70.2 Å². The van der Waals surface area contributed by atoms with E-state index in [-0.39, 0.29) is 5.60 Å². The summed E-state index contributed by atoms with van der Waals surface area (Å²) in [6.07, 6.45) is 5.11. The Bertz CT molecular complexity index is 805. The molecule has 0 spiro atoms. The number of carboxylic acid groups (broad SMARTS) is 1. The van der Waals surface area contributed by atoms with Crippen LogP contribution in [0.3, 0.4) is 0 Å². The highest BCUT2D eigenvalue weighted by atomic mass is 79.9. The second kappa shape index (κ2) is 7.40. The van der Waals surface area contributed by atoms with Crippen molar-refractivity contribution in [2.24, 2.45) is 5.92 Å². The van der Waals surface area contributed by atoms with Crippen LogP contribution in [0, 0.1) is 5.92 Å². The molecule has 4 rings (SSSR count). The molecule has 3 nitrogen and oxygen atoms in total. The van der Waals surface area contributed by atoms with Crippen LogP contribution in [-0.4, -0.2) is 17.7 Å². The van der Waals surface area contributed by atoms with Crippen LogP contribution >= 0.6 is 15.9 Å². The first-order valence-corrected chi connectivity index (χ1v) is 10.5. The summed E-state index contributed by atoms with van der Waals surface area (Å²) in [6, 6.07) is 18.0. The minimum atomic E-state index is -0.820. The number of ether oxygens (including phenoxy) is 1. The van der Waals surface area contributed by atoms with E-state index in [1.54, 1.807) is 0 Å². The van der Waals surface area contributed by atoms with Crippen molar-refractivity contribution in [3.63, 3.8) is 0 Å². The molecule has 0 unspecified atom stereocenters. The van der Waals surface area contributed by atoms with Gasteiger partial charge in [-0.25, -0.2) is 0 Å². The van der Waals surface area contributed by atoms with Gasteiger partial charge in [0.05, 0.1) is 17.6 Å². The molecular weight excluding hydrogens is 404 g/mol. The fraction of sp³-hybridized carbons (Fsp3) is 0.435. The summed E-state index contributed by atoms with van der Waals surface area (Å²) in [4.78, 5) is 12.3. The highest BCUT2D eigenvalue weighted by Crippen LogP contribution is 2.50. The van der Waals surface area contributed by atoms with Crippen molar-refractivity contribution < 1.29 is 14.6 Å². The topological polar surface area (TPSA) is 46.5 Å². The number of carboxylic acids is 1. The second-order valence-electron chi connectivity index (χ2n) is 8.01. The average Bonchev–Trinajstić information content (AvgIpc) is 3.52. The quantitative estimate of drug-likeness (QED) is 0.644. The maximum Gasteiger partial charge on any atom is 0.314 e. The van der Waals surface area contributed by atoms with Gasteiger partial charge >= 0.3 is 5.97 Å². The smallest absolute Gasteiger partial charge is 0.314 e. The molecule has 142 valence electrons. The highest BCUT2D eigenvalue weighted by molar-refractivity contribution is 9.10. The van der Waals surface area contributed by atoms with Crippen LogP contribution < -0.4 is 0 Å². The van der Waals surface area contributed by atoms with Crippen molar-refractivity contribution in [2.75, 3.05) is 6.61 Å². The maximum atomic E-state index is 12.3. The predicted molar refractivity (Wildman–Crippen MR) is 109 cm³/mol. The number of hydrogen-bond acceptors (Lipinski definition) is 2. The van der Waals surface area contributed by atoms with E-state index >= 15 is 0 Å². The molecule has 0 aliphatic heterocycles. The predicted octanol–water partition coefficient (Wildman–Crippen LogP) is 5.67. The monoisotopic (exact) mass is 428 g/mol. The lowest BCUT2D eigenvalue weighted by Crippen LogP contribution is -2.46. The Morgan fingerprint density at radius 2 is 1.67 bits per heavy atom. The van der Waals surface area contributed by atoms with Crippen molar-refractivity contribution in [2.45, 2.75) is 49.5 Å². The first kappa shape index (κ1) is 18.7.